The molecule has 1 N–H and O–H groups in total. The summed E-state index contributed by atoms with van der Waals surface area (Å²) in [7, 11) is 0. The van der Waals surface area contributed by atoms with E-state index < -0.39 is 5.82 Å². The summed E-state index contributed by atoms with van der Waals surface area (Å²) < 4.78 is 13.0. The lowest BCUT2D eigenvalue weighted by molar-refractivity contribution is 0.456. The summed E-state index contributed by atoms with van der Waals surface area (Å²) in [5.74, 6) is -0.587. The second kappa shape index (κ2) is 7.96. The normalized spacial score (nSPS) is 10.8. The number of rotatable bonds is 6. The van der Waals surface area contributed by atoms with Crippen molar-refractivity contribution in [3.8, 4) is 5.75 Å². The third kappa shape index (κ3) is 4.83. The van der Waals surface area contributed by atoms with Crippen molar-refractivity contribution in [2.75, 3.05) is 5.33 Å². The third-order valence-corrected chi connectivity index (χ3v) is 4.61. The summed E-state index contributed by atoms with van der Waals surface area (Å²) in [6, 6.07) is 3.90. The Morgan fingerprint density at radius 1 is 1.33 bits per heavy atom. The molecule has 0 aliphatic heterocycles. The molecule has 1 heterocycles. The lowest BCUT2D eigenvalue weighted by Gasteiger charge is -2.09. The van der Waals surface area contributed by atoms with Crippen LogP contribution in [0.15, 0.2) is 34.3 Å². The molecule has 0 atom stereocenters. The smallest absolute Gasteiger partial charge is 0.223 e. The van der Waals surface area contributed by atoms with Gasteiger partial charge in [0.05, 0.1) is 4.90 Å². The van der Waals surface area contributed by atoms with Crippen molar-refractivity contribution in [3.63, 3.8) is 0 Å². The molecule has 1 aromatic carbocycles. The van der Waals surface area contributed by atoms with E-state index >= 15 is 0 Å². The summed E-state index contributed by atoms with van der Waals surface area (Å²) in [5.41, 5.74) is 0.967. The standard InChI is InChI=1S/C14H13BrClFN2OS/c15-6-2-1-3-9-8-18-14(16)19-13(9)21-12-5-4-10(17)7-11(12)20/h4-5,7-8,20H,1-3,6H2. The molecule has 2 rings (SSSR count). The van der Waals surface area contributed by atoms with Crippen LogP contribution in [0.4, 0.5) is 4.39 Å². The summed E-state index contributed by atoms with van der Waals surface area (Å²) >= 11 is 10.5. The van der Waals surface area contributed by atoms with Gasteiger partial charge < -0.3 is 5.11 Å². The molecule has 0 saturated carbocycles. The van der Waals surface area contributed by atoms with Crippen LogP contribution < -0.4 is 0 Å². The molecule has 0 unspecified atom stereocenters. The molecule has 1 aromatic heterocycles. The van der Waals surface area contributed by atoms with Gasteiger partial charge in [0, 0.05) is 23.2 Å². The Kier molecular flexibility index (Phi) is 6.26. The summed E-state index contributed by atoms with van der Waals surface area (Å²) in [5, 5.41) is 11.6. The highest BCUT2D eigenvalue weighted by Gasteiger charge is 2.11. The van der Waals surface area contributed by atoms with E-state index in [9.17, 15) is 9.50 Å². The van der Waals surface area contributed by atoms with Gasteiger partial charge in [-0.1, -0.05) is 27.7 Å². The molecular formula is C14H13BrClFN2OS. The second-order valence-corrected chi connectivity index (χ2v) is 6.49. The second-order valence-electron chi connectivity index (χ2n) is 4.33. The average molecular weight is 392 g/mol. The van der Waals surface area contributed by atoms with Crippen molar-refractivity contribution in [2.24, 2.45) is 0 Å². The molecule has 0 radical (unpaired) electrons. The van der Waals surface area contributed by atoms with E-state index in [4.69, 9.17) is 11.6 Å². The van der Waals surface area contributed by atoms with Crippen LogP contribution >= 0.6 is 39.3 Å². The third-order valence-electron chi connectivity index (χ3n) is 2.75. The van der Waals surface area contributed by atoms with Crippen molar-refractivity contribution in [1.82, 2.24) is 9.97 Å². The first-order valence-electron chi connectivity index (χ1n) is 6.34. The summed E-state index contributed by atoms with van der Waals surface area (Å²) in [4.78, 5) is 8.75. The Morgan fingerprint density at radius 2 is 2.14 bits per heavy atom. The van der Waals surface area contributed by atoms with Gasteiger partial charge in [0.1, 0.15) is 16.6 Å². The molecule has 21 heavy (non-hydrogen) atoms. The van der Waals surface area contributed by atoms with Gasteiger partial charge in [0.15, 0.2) is 0 Å². The molecule has 0 saturated heterocycles. The lowest BCUT2D eigenvalue weighted by atomic mass is 10.1. The maximum Gasteiger partial charge on any atom is 0.223 e. The minimum Gasteiger partial charge on any atom is -0.507 e. The van der Waals surface area contributed by atoms with Crippen LogP contribution in [0.3, 0.4) is 0 Å². The number of aryl methyl sites for hydroxylation is 1. The zero-order valence-corrected chi connectivity index (χ0v) is 14.2. The highest BCUT2D eigenvalue weighted by atomic mass is 79.9. The Hall–Kier alpha value is -0.850. The van der Waals surface area contributed by atoms with Gasteiger partial charge >= 0.3 is 0 Å². The molecule has 0 amide bonds. The maximum atomic E-state index is 13.0. The topological polar surface area (TPSA) is 46.0 Å². The number of phenols is 1. The highest BCUT2D eigenvalue weighted by molar-refractivity contribution is 9.09. The fourth-order valence-corrected chi connectivity index (χ4v) is 3.23. The van der Waals surface area contributed by atoms with Gasteiger partial charge in [0.25, 0.3) is 0 Å². The van der Waals surface area contributed by atoms with Gasteiger partial charge in [-0.15, -0.1) is 0 Å². The number of unbranched alkanes of at least 4 members (excludes halogenated alkanes) is 1. The first kappa shape index (κ1) is 16.5. The quantitative estimate of drug-likeness (QED) is 0.331. The van der Waals surface area contributed by atoms with Gasteiger partial charge in [-0.25, -0.2) is 14.4 Å². The SMILES string of the molecule is Oc1cc(F)ccc1Sc1nc(Cl)ncc1CCCCBr. The number of aromatic nitrogens is 2. The summed E-state index contributed by atoms with van der Waals surface area (Å²) in [6.07, 6.45) is 4.58. The maximum absolute atomic E-state index is 13.0. The van der Waals surface area contributed by atoms with Gasteiger partial charge in [-0.3, -0.25) is 0 Å². The zero-order chi connectivity index (χ0) is 15.2. The number of benzene rings is 1. The summed E-state index contributed by atoms with van der Waals surface area (Å²) in [6.45, 7) is 0. The van der Waals surface area contributed by atoms with E-state index in [1.165, 1.54) is 23.9 Å². The fourth-order valence-electron chi connectivity index (χ4n) is 1.72. The van der Waals surface area contributed by atoms with Crippen molar-refractivity contribution < 1.29 is 9.50 Å². The van der Waals surface area contributed by atoms with Gasteiger partial charge in [-0.2, -0.15) is 0 Å². The molecule has 2 aromatic rings. The van der Waals surface area contributed by atoms with Crippen LogP contribution in [0.1, 0.15) is 18.4 Å². The molecule has 0 spiro atoms. The number of halogens is 3. The Bertz CT molecular complexity index is 630. The van der Waals surface area contributed by atoms with E-state index in [-0.39, 0.29) is 11.0 Å². The van der Waals surface area contributed by atoms with E-state index in [0.717, 1.165) is 36.2 Å². The van der Waals surface area contributed by atoms with Crippen LogP contribution in [-0.2, 0) is 6.42 Å². The number of aromatic hydroxyl groups is 1. The number of hydrogen-bond donors (Lipinski definition) is 1. The molecule has 7 heteroatoms. The lowest BCUT2D eigenvalue weighted by Crippen LogP contribution is -1.96. The Morgan fingerprint density at radius 3 is 2.86 bits per heavy atom. The first-order valence-corrected chi connectivity index (χ1v) is 8.65. The van der Waals surface area contributed by atoms with Crippen LogP contribution in [0.25, 0.3) is 0 Å². The molecular weight excluding hydrogens is 379 g/mol. The van der Waals surface area contributed by atoms with Gasteiger partial charge in [0.2, 0.25) is 5.28 Å². The van der Waals surface area contributed by atoms with Crippen molar-refractivity contribution >= 4 is 39.3 Å². The molecule has 3 nitrogen and oxygen atoms in total. The predicted octanol–water partition coefficient (Wildman–Crippen LogP) is 4.84. The zero-order valence-electron chi connectivity index (χ0n) is 11.0. The Balaban J connectivity index is 2.22. The molecule has 112 valence electrons. The van der Waals surface area contributed by atoms with E-state index in [2.05, 4.69) is 25.9 Å². The largest absolute Gasteiger partial charge is 0.507 e. The van der Waals surface area contributed by atoms with E-state index in [1.54, 1.807) is 6.20 Å². The monoisotopic (exact) mass is 390 g/mol. The number of phenolic OH excluding ortho intramolecular Hbond substituents is 1. The minimum atomic E-state index is -0.477. The van der Waals surface area contributed by atoms with Crippen LogP contribution in [0.5, 0.6) is 5.75 Å². The number of alkyl halides is 1. The average Bonchev–Trinajstić information content (AvgIpc) is 2.44. The van der Waals surface area contributed by atoms with Crippen LogP contribution in [-0.4, -0.2) is 20.4 Å². The molecule has 0 aliphatic carbocycles. The van der Waals surface area contributed by atoms with Crippen LogP contribution in [0.2, 0.25) is 5.28 Å². The highest BCUT2D eigenvalue weighted by Crippen LogP contribution is 2.35. The van der Waals surface area contributed by atoms with Crippen LogP contribution in [0, 0.1) is 5.82 Å². The number of hydrogen-bond acceptors (Lipinski definition) is 4. The number of nitrogens with zero attached hydrogens (tertiary/aromatic N) is 2. The van der Waals surface area contributed by atoms with Crippen molar-refractivity contribution in [3.05, 3.63) is 41.1 Å². The minimum absolute atomic E-state index is 0.110. The molecule has 0 aliphatic rings. The molecule has 0 fully saturated rings. The Labute approximate surface area is 140 Å². The first-order chi connectivity index (χ1) is 10.1. The fraction of sp³-hybridized carbons (Fsp3) is 0.286. The van der Waals surface area contributed by atoms with Crippen molar-refractivity contribution in [2.45, 2.75) is 29.2 Å². The van der Waals surface area contributed by atoms with E-state index in [0.29, 0.717) is 9.92 Å². The van der Waals surface area contributed by atoms with E-state index in [1.807, 2.05) is 0 Å². The molecule has 0 bridgehead atoms. The van der Waals surface area contributed by atoms with Crippen molar-refractivity contribution in [1.29, 1.82) is 0 Å². The van der Waals surface area contributed by atoms with Gasteiger partial charge in [-0.05, 0) is 43.0 Å². The predicted molar refractivity (Wildman–Crippen MR) is 86.0 cm³/mol.